The molecule has 3 heterocycles. The number of phenolic OH excluding ortho intramolecular Hbond substituents is 1. The number of ether oxygens (including phenoxy) is 2. The lowest BCUT2D eigenvalue weighted by molar-refractivity contribution is -0.870. The maximum absolute atomic E-state index is 14.8. The third-order valence-electron chi connectivity index (χ3n) is 16.1. The lowest BCUT2D eigenvalue weighted by atomic mass is 9.96. The van der Waals surface area contributed by atoms with E-state index in [2.05, 4.69) is 33.5 Å². The van der Waals surface area contributed by atoms with Gasteiger partial charge in [0.1, 0.15) is 72.6 Å². The summed E-state index contributed by atoms with van der Waals surface area (Å²) < 4.78 is 12.3. The third kappa shape index (κ3) is 19.7. The van der Waals surface area contributed by atoms with Gasteiger partial charge in [0, 0.05) is 43.4 Å². The quantitative estimate of drug-likeness (QED) is 0.0401. The third-order valence-corrected chi connectivity index (χ3v) is 16.1. The minimum Gasteiger partial charge on any atom is -0.550 e. The molecule has 3 aliphatic heterocycles. The van der Waals surface area contributed by atoms with E-state index >= 15 is 0 Å². The average Bonchev–Trinajstić information content (AvgIpc) is 1.63. The number of aliphatic hydroxyl groups is 7. The number of aromatic hydroxyl groups is 1. The van der Waals surface area contributed by atoms with Crippen LogP contribution in [-0.2, 0) is 38.3 Å². The highest BCUT2D eigenvalue weighted by atomic mass is 16.5. The summed E-state index contributed by atoms with van der Waals surface area (Å²) in [5, 5.41) is 111. The zero-order chi connectivity index (χ0) is 67.9. The fourth-order valence-electron chi connectivity index (χ4n) is 10.8. The van der Waals surface area contributed by atoms with Crippen LogP contribution in [0.4, 0.5) is 0 Å². The van der Waals surface area contributed by atoms with Gasteiger partial charge in [-0.1, -0.05) is 87.4 Å². The van der Waals surface area contributed by atoms with E-state index in [0.717, 1.165) is 77.8 Å². The number of carboxylic acids is 1. The molecule has 7 amide bonds. The number of likely N-dealkylation sites (N-methyl/N-ethyl adjacent to an activating group) is 1. The lowest BCUT2D eigenvalue weighted by Crippen LogP contribution is -2.64. The second-order valence-electron chi connectivity index (χ2n) is 24.6. The van der Waals surface area contributed by atoms with Crippen molar-refractivity contribution in [3.63, 3.8) is 0 Å². The van der Waals surface area contributed by atoms with Crippen LogP contribution in [0.25, 0.3) is 22.3 Å². The summed E-state index contributed by atoms with van der Waals surface area (Å²) in [6.07, 6.45) is -12.6. The Kier molecular flexibility index (Phi) is 26.1. The Morgan fingerprint density at radius 3 is 1.71 bits per heavy atom. The number of amides is 7. The number of hydrogen-bond acceptors (Lipinski definition) is 19. The summed E-state index contributed by atoms with van der Waals surface area (Å²) in [6, 6.07) is 15.3. The number of phenols is 1. The van der Waals surface area contributed by atoms with Gasteiger partial charge in [-0.25, -0.2) is 0 Å². The summed E-state index contributed by atoms with van der Waals surface area (Å²) in [5.74, 6) is -9.33. The second-order valence-corrected chi connectivity index (χ2v) is 24.6. The Morgan fingerprint density at radius 2 is 1.17 bits per heavy atom. The van der Waals surface area contributed by atoms with Gasteiger partial charge in [-0.3, -0.25) is 33.6 Å². The molecule has 92 heavy (non-hydrogen) atoms. The fourth-order valence-corrected chi connectivity index (χ4v) is 10.8. The van der Waals surface area contributed by atoms with Crippen molar-refractivity contribution >= 4 is 47.3 Å². The summed E-state index contributed by atoms with van der Waals surface area (Å²) in [5.41, 5.74) is 3.48. The van der Waals surface area contributed by atoms with E-state index < -0.39 is 158 Å². The van der Waals surface area contributed by atoms with Crippen LogP contribution in [0.3, 0.4) is 0 Å². The molecule has 0 radical (unpaired) electrons. The first-order valence-electron chi connectivity index (χ1n) is 30.6. The topological polar surface area (TPSA) is 407 Å². The first-order chi connectivity index (χ1) is 43.4. The molecule has 3 aliphatic rings. The molecule has 0 spiro atoms. The molecule has 3 saturated heterocycles. The van der Waals surface area contributed by atoms with Gasteiger partial charge in [0.25, 0.3) is 5.91 Å². The van der Waals surface area contributed by atoms with Crippen LogP contribution in [0.5, 0.6) is 11.5 Å². The van der Waals surface area contributed by atoms with E-state index in [9.17, 15) is 74.4 Å². The van der Waals surface area contributed by atoms with Crippen LogP contribution in [0, 0.1) is 5.92 Å². The highest BCUT2D eigenvalue weighted by Gasteiger charge is 2.50. The highest BCUT2D eigenvalue weighted by molar-refractivity contribution is 6.00. The van der Waals surface area contributed by atoms with Gasteiger partial charge in [0.15, 0.2) is 6.23 Å². The van der Waals surface area contributed by atoms with Crippen LogP contribution in [0.2, 0.25) is 0 Å². The van der Waals surface area contributed by atoms with Crippen LogP contribution in [0.15, 0.2) is 97.1 Å². The number of unbranched alkanes of at least 4 members (excludes halogenated alkanes) is 2. The van der Waals surface area contributed by atoms with E-state index in [1.165, 1.54) is 43.3 Å². The second kappa shape index (κ2) is 32.9. The number of carbonyl (C=O) groups is 8. The summed E-state index contributed by atoms with van der Waals surface area (Å²) in [7, 11) is 5.52. The molecule has 15 atom stereocenters. The Balaban J connectivity index is 0.00000326. The Hall–Kier alpha value is -8.12. The lowest BCUT2D eigenvalue weighted by Gasteiger charge is -2.34. The van der Waals surface area contributed by atoms with Crippen LogP contribution in [0.1, 0.15) is 88.7 Å². The molecule has 7 rings (SSSR count). The van der Waals surface area contributed by atoms with Crippen LogP contribution < -0.4 is 36.4 Å². The number of quaternary nitrogens is 1. The van der Waals surface area contributed by atoms with Gasteiger partial charge < -0.3 is 101 Å². The van der Waals surface area contributed by atoms with Crippen molar-refractivity contribution in [2.45, 2.75) is 152 Å². The number of nitrogens with one attached hydrogen (secondary N) is 5. The summed E-state index contributed by atoms with van der Waals surface area (Å²) in [4.78, 5) is 113. The SMILES string of the molecule is CC(=O)[O-].CCCCCOc1ccc(-c2ccc(-c3ccc(C(=O)NC4CC(O)C(OCC[N+](C)(C)C)NC(=O)C5C(O)C(C)CN5C(=O)C(C(C)O)NC(=O)C(C(O)C(O)c5ccc(O)cc5)NC(=O)C5CC(O)CN5C(=O)C(C(C)O)NC4=O)cc3)cc2)cc1. The molecule has 0 saturated carbocycles. The van der Waals surface area contributed by atoms with Crippen molar-refractivity contribution in [3.05, 3.63) is 108 Å². The van der Waals surface area contributed by atoms with Crippen molar-refractivity contribution in [2.75, 3.05) is 54.0 Å². The van der Waals surface area contributed by atoms with Gasteiger partial charge in [-0.05, 0) is 91.4 Å². The van der Waals surface area contributed by atoms with Crippen molar-refractivity contribution in [3.8, 4) is 33.8 Å². The number of hydrogen-bond donors (Lipinski definition) is 13. The summed E-state index contributed by atoms with van der Waals surface area (Å²) >= 11 is 0. The maximum Gasteiger partial charge on any atom is 0.251 e. The molecule has 13 N–H and O–H groups in total. The molecule has 0 aromatic heterocycles. The fraction of sp³-hybridized carbons (Fsp3) is 0.508. The van der Waals surface area contributed by atoms with Gasteiger partial charge in [-0.2, -0.15) is 0 Å². The predicted molar refractivity (Wildman–Crippen MR) is 331 cm³/mol. The molecule has 502 valence electrons. The minimum atomic E-state index is -2.29. The van der Waals surface area contributed by atoms with Gasteiger partial charge >= 0.3 is 0 Å². The molecule has 0 bridgehead atoms. The van der Waals surface area contributed by atoms with E-state index in [4.69, 9.17) is 19.4 Å². The first kappa shape index (κ1) is 72.9. The minimum absolute atomic E-state index is 0.0470. The van der Waals surface area contributed by atoms with Gasteiger partial charge in [0.2, 0.25) is 35.4 Å². The zero-order valence-corrected chi connectivity index (χ0v) is 52.9. The van der Waals surface area contributed by atoms with Gasteiger partial charge in [0.05, 0.1) is 58.8 Å². The van der Waals surface area contributed by atoms with Crippen LogP contribution in [-0.4, -0.2) is 236 Å². The van der Waals surface area contributed by atoms with E-state index in [1.54, 1.807) is 12.1 Å². The van der Waals surface area contributed by atoms with Crippen molar-refractivity contribution in [2.24, 2.45) is 5.92 Å². The first-order valence-corrected chi connectivity index (χ1v) is 30.6. The molecule has 0 aliphatic carbocycles. The van der Waals surface area contributed by atoms with Crippen molar-refractivity contribution in [1.82, 2.24) is 36.4 Å². The van der Waals surface area contributed by atoms with Crippen molar-refractivity contribution in [1.29, 1.82) is 0 Å². The monoisotopic (exact) mass is 1280 g/mol. The molecular weight excluding hydrogens is 1200 g/mol. The molecular formula is C65H88N8O19. The highest BCUT2D eigenvalue weighted by Crippen LogP contribution is 2.30. The normalized spacial score (nSPS) is 25.8. The molecule has 27 nitrogen and oxygen atoms in total. The predicted octanol–water partition coefficient (Wildman–Crippen LogP) is -1.44. The van der Waals surface area contributed by atoms with E-state index in [0.29, 0.717) is 11.1 Å². The smallest absolute Gasteiger partial charge is 0.251 e. The molecule has 27 heteroatoms. The molecule has 15 unspecified atom stereocenters. The number of aliphatic hydroxyl groups excluding tert-OH is 7. The van der Waals surface area contributed by atoms with E-state index in [1.807, 2.05) is 69.7 Å². The number of fused-ring (bicyclic) bond motifs is 2. The van der Waals surface area contributed by atoms with Gasteiger partial charge in [-0.15, -0.1) is 0 Å². The molecule has 4 aromatic rings. The Bertz CT molecular complexity index is 3140. The zero-order valence-electron chi connectivity index (χ0n) is 52.9. The van der Waals surface area contributed by atoms with E-state index in [-0.39, 0.29) is 36.6 Å². The number of rotatable bonds is 18. The van der Waals surface area contributed by atoms with Crippen molar-refractivity contribution < 1.29 is 98.3 Å². The number of nitrogens with zero attached hydrogens (tertiary/aromatic N) is 3. The summed E-state index contributed by atoms with van der Waals surface area (Å²) in [6.45, 7) is 6.77. The Labute approximate surface area is 533 Å². The largest absolute Gasteiger partial charge is 0.550 e. The number of carboxylic acid groups (broad SMARTS) is 1. The number of carbonyl (C=O) groups excluding carboxylic acids is 8. The molecule has 3 fully saturated rings. The number of benzene rings is 4. The average molecular weight is 1290 g/mol. The van der Waals surface area contributed by atoms with Crippen LogP contribution >= 0.6 is 0 Å². The Morgan fingerprint density at radius 1 is 0.663 bits per heavy atom. The molecule has 4 aromatic carbocycles. The number of aliphatic carboxylic acids is 1. The standard InChI is InChI=1S/C63H84N8O17.C2H4O2/c1-8-9-10-28-87-45-25-21-40(22-26-45)38-13-11-37(12-14-38)39-15-17-42(18-16-39)56(80)64-46-31-48(76)61(88-29-27-71(5,6)7)68-60(84)52-53(77)34(2)32-70(52)63(86)50(36(4)73)66-59(83)51(55(79)54(78)41-19-23-43(74)24-20-41)67-58(82)47-30-44(75)33-69(47)62(85)49(35(3)72)65-57(46)81;1-2(3)4/h11-26,34-36,44,46-55,61,72-73,75-79H,8-10,27-33H2,1-7H3,(H5-,64,65,66,67,68,74,80,81,82,83,84);1H3,(H,3,4). The maximum atomic E-state index is 14.8.